The molecule has 1 aliphatic heterocycles. The van der Waals surface area contributed by atoms with Gasteiger partial charge in [-0.3, -0.25) is 0 Å². The molecule has 1 heterocycles. The molecule has 0 saturated heterocycles. The maximum absolute atomic E-state index is 13.4. The molecule has 4 heteroatoms. The van der Waals surface area contributed by atoms with Gasteiger partial charge in [0.1, 0.15) is 5.82 Å². The third-order valence-corrected chi connectivity index (χ3v) is 4.21. The lowest BCUT2D eigenvalue weighted by atomic mass is 9.74. The Bertz CT molecular complexity index is 455. The van der Waals surface area contributed by atoms with E-state index in [-0.39, 0.29) is 16.0 Å². The fourth-order valence-corrected chi connectivity index (χ4v) is 2.00. The highest BCUT2D eigenvalue weighted by Crippen LogP contribution is 2.40. The monoisotopic (exact) mass is 256 g/mol. The summed E-state index contributed by atoms with van der Waals surface area (Å²) in [5.41, 5.74) is 1.55. The summed E-state index contributed by atoms with van der Waals surface area (Å²) in [4.78, 5) is 0. The minimum Gasteiger partial charge on any atom is -0.383 e. The zero-order chi connectivity index (χ0) is 12.8. The molecule has 0 bridgehead atoms. The Kier molecular flexibility index (Phi) is 2.77. The predicted molar refractivity (Wildman–Crippen MR) is 71.4 cm³/mol. The summed E-state index contributed by atoms with van der Waals surface area (Å²) in [6, 6.07) is 3.09. The Morgan fingerprint density at radius 1 is 1.18 bits per heavy atom. The van der Waals surface area contributed by atoms with Gasteiger partial charge in [0.25, 0.3) is 0 Å². The number of benzene rings is 1. The van der Waals surface area contributed by atoms with Crippen molar-refractivity contribution in [1.82, 2.24) is 0 Å². The molecule has 0 radical (unpaired) electrons. The first-order chi connectivity index (χ1) is 7.73. The Labute approximate surface area is 107 Å². The van der Waals surface area contributed by atoms with Crippen LogP contribution in [0.1, 0.15) is 27.7 Å². The molecule has 2 rings (SSSR count). The molecule has 94 valence electrons. The summed E-state index contributed by atoms with van der Waals surface area (Å²) in [5.74, 6) is -0.391. The lowest BCUT2D eigenvalue weighted by molar-refractivity contribution is 0.245. The summed E-state index contributed by atoms with van der Waals surface area (Å²) in [6.07, 6.45) is 0. The number of fused-ring (bicyclic) bond motifs is 1. The molecule has 2 nitrogen and oxygen atoms in total. The topological polar surface area (TPSA) is 24.1 Å². The molecule has 0 unspecified atom stereocenters. The molecule has 2 N–H and O–H groups in total. The van der Waals surface area contributed by atoms with Gasteiger partial charge >= 0.3 is 0 Å². The van der Waals surface area contributed by atoms with Gasteiger partial charge < -0.3 is 10.6 Å². The normalized spacial score (nSPS) is 20.8. The van der Waals surface area contributed by atoms with Gasteiger partial charge in [-0.15, -0.1) is 0 Å². The van der Waals surface area contributed by atoms with Crippen LogP contribution in [0.5, 0.6) is 0 Å². The number of anilines is 2. The van der Waals surface area contributed by atoms with Crippen LogP contribution in [0.4, 0.5) is 15.8 Å². The number of hydrogen-bond acceptors (Lipinski definition) is 2. The summed E-state index contributed by atoms with van der Waals surface area (Å²) in [5, 5.41) is 6.87. The molecule has 0 aliphatic carbocycles. The Morgan fingerprint density at radius 2 is 1.82 bits per heavy atom. The van der Waals surface area contributed by atoms with Crippen molar-refractivity contribution in [3.8, 4) is 0 Å². The van der Waals surface area contributed by atoms with Crippen molar-refractivity contribution in [2.45, 2.75) is 33.2 Å². The second kappa shape index (κ2) is 3.77. The van der Waals surface area contributed by atoms with Crippen LogP contribution in [0.2, 0.25) is 5.02 Å². The van der Waals surface area contributed by atoms with E-state index in [4.69, 9.17) is 11.6 Å². The summed E-state index contributed by atoms with van der Waals surface area (Å²) in [6.45, 7) is 9.41. The molecule has 1 aromatic rings. The van der Waals surface area contributed by atoms with Crippen LogP contribution in [0, 0.1) is 11.2 Å². The molecule has 1 aromatic carbocycles. The van der Waals surface area contributed by atoms with Gasteiger partial charge in [-0.1, -0.05) is 25.4 Å². The van der Waals surface area contributed by atoms with E-state index in [0.29, 0.717) is 0 Å². The van der Waals surface area contributed by atoms with Crippen LogP contribution in [-0.4, -0.2) is 12.1 Å². The van der Waals surface area contributed by atoms with Gasteiger partial charge in [-0.25, -0.2) is 4.39 Å². The van der Waals surface area contributed by atoms with E-state index in [9.17, 15) is 4.39 Å². The lowest BCUT2D eigenvalue weighted by Crippen LogP contribution is -2.47. The molecule has 1 aliphatic rings. The van der Waals surface area contributed by atoms with Gasteiger partial charge in [0, 0.05) is 23.6 Å². The second-order valence-corrected chi connectivity index (χ2v) is 6.21. The van der Waals surface area contributed by atoms with Gasteiger partial charge in [0.2, 0.25) is 0 Å². The third kappa shape index (κ3) is 2.08. The molecular formula is C13H18ClFN2. The summed E-state index contributed by atoms with van der Waals surface area (Å²) in [7, 11) is 0. The van der Waals surface area contributed by atoms with Gasteiger partial charge in [0.05, 0.1) is 16.4 Å². The van der Waals surface area contributed by atoms with Crippen molar-refractivity contribution < 1.29 is 4.39 Å². The van der Waals surface area contributed by atoms with Crippen LogP contribution >= 0.6 is 11.6 Å². The summed E-state index contributed by atoms with van der Waals surface area (Å²) >= 11 is 5.82. The van der Waals surface area contributed by atoms with E-state index >= 15 is 0 Å². The Hall–Kier alpha value is -0.960. The van der Waals surface area contributed by atoms with Crippen LogP contribution in [0.25, 0.3) is 0 Å². The zero-order valence-corrected chi connectivity index (χ0v) is 11.4. The first-order valence-corrected chi connectivity index (χ1v) is 6.12. The average Bonchev–Trinajstić information content (AvgIpc) is 2.27. The van der Waals surface area contributed by atoms with E-state index in [1.54, 1.807) is 6.07 Å². The Balaban J connectivity index is 2.48. The van der Waals surface area contributed by atoms with Crippen molar-refractivity contribution in [3.63, 3.8) is 0 Å². The van der Waals surface area contributed by atoms with Gasteiger partial charge in [-0.2, -0.15) is 0 Å². The third-order valence-electron chi connectivity index (χ3n) is 3.92. The minimum absolute atomic E-state index is 0.0367. The molecule has 0 fully saturated rings. The van der Waals surface area contributed by atoms with Crippen LogP contribution < -0.4 is 10.6 Å². The van der Waals surface area contributed by atoms with E-state index in [2.05, 4.69) is 38.3 Å². The van der Waals surface area contributed by atoms with Crippen molar-refractivity contribution in [2.24, 2.45) is 5.41 Å². The van der Waals surface area contributed by atoms with E-state index in [1.807, 2.05) is 0 Å². The first-order valence-electron chi connectivity index (χ1n) is 5.74. The minimum atomic E-state index is -0.391. The lowest BCUT2D eigenvalue weighted by Gasteiger charge is -2.41. The Morgan fingerprint density at radius 3 is 2.47 bits per heavy atom. The number of hydrogen-bond donors (Lipinski definition) is 2. The summed E-state index contributed by atoms with van der Waals surface area (Å²) < 4.78 is 13.4. The quantitative estimate of drug-likeness (QED) is 0.730. The SMILES string of the molecule is CC1(C)CNc2cc(F)c(Cl)cc2NC1(C)C. The van der Waals surface area contributed by atoms with E-state index < -0.39 is 5.82 Å². The van der Waals surface area contributed by atoms with Crippen LogP contribution in [0.15, 0.2) is 12.1 Å². The largest absolute Gasteiger partial charge is 0.383 e. The highest BCUT2D eigenvalue weighted by Gasteiger charge is 2.39. The molecule has 0 saturated carbocycles. The maximum atomic E-state index is 13.4. The molecule has 0 amide bonds. The predicted octanol–water partition coefficient (Wildman–Crippen LogP) is 4.12. The fourth-order valence-electron chi connectivity index (χ4n) is 1.84. The molecule has 0 spiro atoms. The van der Waals surface area contributed by atoms with E-state index in [1.165, 1.54) is 6.07 Å². The smallest absolute Gasteiger partial charge is 0.143 e. The van der Waals surface area contributed by atoms with Crippen LogP contribution in [0.3, 0.4) is 0 Å². The number of nitrogens with one attached hydrogen (secondary N) is 2. The van der Waals surface area contributed by atoms with Crippen molar-refractivity contribution in [2.75, 3.05) is 17.2 Å². The second-order valence-electron chi connectivity index (χ2n) is 5.80. The highest BCUT2D eigenvalue weighted by atomic mass is 35.5. The highest BCUT2D eigenvalue weighted by molar-refractivity contribution is 6.31. The van der Waals surface area contributed by atoms with Crippen molar-refractivity contribution >= 4 is 23.0 Å². The zero-order valence-electron chi connectivity index (χ0n) is 10.6. The van der Waals surface area contributed by atoms with E-state index in [0.717, 1.165) is 17.9 Å². The van der Waals surface area contributed by atoms with Crippen LogP contribution in [-0.2, 0) is 0 Å². The molecule has 0 aromatic heterocycles. The number of halogens is 2. The van der Waals surface area contributed by atoms with Gasteiger partial charge in [0.15, 0.2) is 0 Å². The average molecular weight is 257 g/mol. The van der Waals surface area contributed by atoms with Gasteiger partial charge in [-0.05, 0) is 19.9 Å². The number of rotatable bonds is 0. The molecular weight excluding hydrogens is 239 g/mol. The fraction of sp³-hybridized carbons (Fsp3) is 0.538. The first kappa shape index (κ1) is 12.5. The van der Waals surface area contributed by atoms with Crippen molar-refractivity contribution in [1.29, 1.82) is 0 Å². The standard InChI is InChI=1S/C13H18ClFN2/c1-12(2)7-16-10-6-9(15)8(14)5-11(10)17-13(12,3)4/h5-6,16-17H,7H2,1-4H3. The van der Waals surface area contributed by atoms with Crippen molar-refractivity contribution in [3.05, 3.63) is 23.0 Å². The maximum Gasteiger partial charge on any atom is 0.143 e. The molecule has 17 heavy (non-hydrogen) atoms. The molecule has 0 atom stereocenters.